The molecule has 0 bridgehead atoms. The molecule has 2 aromatic rings. The molecule has 0 saturated heterocycles. The molecule has 0 spiro atoms. The standard InChI is InChI=1S/C25H25F4N5OS/c1-14-19(11-31)36-20-13-34(21(35)8-5-9-33(2)3)12-17(22(14)20)15-6-4-7-18(26)23(15)16(10-30)24(32)25(27,28)29/h4-8,10,17,30H,9,12-13,32H2,1-3H3/b8-5+,24-16+,30-10?/t17-/m0/s1. The number of benzene rings is 1. The third-order valence-corrected chi connectivity index (χ3v) is 7.13. The van der Waals surface area contributed by atoms with Crippen molar-refractivity contribution in [2.75, 3.05) is 27.2 Å². The predicted octanol–water partition coefficient (Wildman–Crippen LogP) is 4.54. The maximum absolute atomic E-state index is 15.1. The number of hydrogen-bond acceptors (Lipinski definition) is 6. The molecule has 1 atom stereocenters. The van der Waals surface area contributed by atoms with E-state index in [0.29, 0.717) is 33.6 Å². The molecule has 11 heteroatoms. The minimum Gasteiger partial charge on any atom is -0.394 e. The summed E-state index contributed by atoms with van der Waals surface area (Å²) in [6.45, 7) is 2.52. The largest absolute Gasteiger partial charge is 0.431 e. The zero-order valence-electron chi connectivity index (χ0n) is 19.9. The monoisotopic (exact) mass is 519 g/mol. The number of carbonyl (C=O) groups excluding carboxylic acids is 1. The van der Waals surface area contributed by atoms with Crippen LogP contribution in [0.4, 0.5) is 17.6 Å². The number of nitrogens with two attached hydrogens (primary N) is 1. The summed E-state index contributed by atoms with van der Waals surface area (Å²) in [4.78, 5) is 17.5. The summed E-state index contributed by atoms with van der Waals surface area (Å²) >= 11 is 1.20. The molecule has 1 aromatic carbocycles. The van der Waals surface area contributed by atoms with Gasteiger partial charge in [0, 0.05) is 47.3 Å². The molecule has 36 heavy (non-hydrogen) atoms. The van der Waals surface area contributed by atoms with Gasteiger partial charge in [0.05, 0.1) is 6.54 Å². The number of halogens is 4. The van der Waals surface area contributed by atoms with E-state index in [4.69, 9.17) is 11.1 Å². The second kappa shape index (κ2) is 10.6. The van der Waals surface area contributed by atoms with E-state index in [9.17, 15) is 23.2 Å². The van der Waals surface area contributed by atoms with Gasteiger partial charge in [-0.15, -0.1) is 11.3 Å². The summed E-state index contributed by atoms with van der Waals surface area (Å²) < 4.78 is 55.5. The average molecular weight is 520 g/mol. The van der Waals surface area contributed by atoms with Crippen molar-refractivity contribution in [3.63, 3.8) is 0 Å². The van der Waals surface area contributed by atoms with E-state index in [1.54, 1.807) is 13.0 Å². The van der Waals surface area contributed by atoms with Crippen molar-refractivity contribution in [1.82, 2.24) is 9.80 Å². The van der Waals surface area contributed by atoms with Gasteiger partial charge in [0.2, 0.25) is 5.91 Å². The first-order valence-corrected chi connectivity index (χ1v) is 11.7. The van der Waals surface area contributed by atoms with Crippen LogP contribution in [-0.2, 0) is 11.3 Å². The number of rotatable bonds is 6. The van der Waals surface area contributed by atoms with E-state index in [-0.39, 0.29) is 24.6 Å². The minimum atomic E-state index is -4.98. The van der Waals surface area contributed by atoms with Crippen LogP contribution in [0.2, 0.25) is 0 Å². The van der Waals surface area contributed by atoms with Crippen molar-refractivity contribution in [1.29, 1.82) is 10.7 Å². The van der Waals surface area contributed by atoms with Gasteiger partial charge in [-0.1, -0.05) is 18.2 Å². The number of alkyl halides is 3. The number of nitrogens with one attached hydrogen (secondary N) is 1. The highest BCUT2D eigenvalue weighted by Gasteiger charge is 2.38. The molecule has 1 aromatic heterocycles. The van der Waals surface area contributed by atoms with Crippen molar-refractivity contribution >= 4 is 29.0 Å². The second-order valence-electron chi connectivity index (χ2n) is 8.61. The molecule has 0 aliphatic carbocycles. The van der Waals surface area contributed by atoms with E-state index in [1.165, 1.54) is 34.4 Å². The number of hydrogen-bond donors (Lipinski definition) is 2. The van der Waals surface area contributed by atoms with Crippen molar-refractivity contribution in [3.8, 4) is 6.07 Å². The molecular formula is C25H25F4N5OS. The molecule has 1 aliphatic heterocycles. The predicted molar refractivity (Wildman–Crippen MR) is 131 cm³/mol. The van der Waals surface area contributed by atoms with E-state index in [0.717, 1.165) is 6.07 Å². The molecule has 190 valence electrons. The van der Waals surface area contributed by atoms with Gasteiger partial charge in [-0.25, -0.2) is 4.39 Å². The number of allylic oxidation sites excluding steroid dienone is 2. The van der Waals surface area contributed by atoms with Gasteiger partial charge in [0.1, 0.15) is 22.5 Å². The van der Waals surface area contributed by atoms with Crippen molar-refractivity contribution in [2.24, 2.45) is 5.73 Å². The fourth-order valence-corrected chi connectivity index (χ4v) is 5.44. The molecule has 0 radical (unpaired) electrons. The van der Waals surface area contributed by atoms with Crippen LogP contribution in [-0.4, -0.2) is 55.3 Å². The van der Waals surface area contributed by atoms with Crippen LogP contribution in [0.5, 0.6) is 0 Å². The van der Waals surface area contributed by atoms with Crippen LogP contribution in [0.1, 0.15) is 37.9 Å². The third kappa shape index (κ3) is 5.34. The van der Waals surface area contributed by atoms with Crippen LogP contribution in [0.15, 0.2) is 36.0 Å². The van der Waals surface area contributed by atoms with Gasteiger partial charge in [-0.2, -0.15) is 18.4 Å². The Balaban J connectivity index is 2.22. The Bertz CT molecular complexity index is 1290. The van der Waals surface area contributed by atoms with Crippen LogP contribution >= 0.6 is 11.3 Å². The zero-order chi connectivity index (χ0) is 26.8. The van der Waals surface area contributed by atoms with Gasteiger partial charge in [-0.05, 0) is 43.8 Å². The molecule has 0 fully saturated rings. The van der Waals surface area contributed by atoms with E-state index in [1.807, 2.05) is 19.0 Å². The Morgan fingerprint density at radius 2 is 2.08 bits per heavy atom. The molecule has 1 amide bonds. The smallest absolute Gasteiger partial charge is 0.394 e. The summed E-state index contributed by atoms with van der Waals surface area (Å²) in [5.74, 6) is -2.02. The van der Waals surface area contributed by atoms with Crippen LogP contribution in [0.25, 0.3) is 5.57 Å². The van der Waals surface area contributed by atoms with Gasteiger partial charge in [-0.3, -0.25) is 4.79 Å². The van der Waals surface area contributed by atoms with E-state index in [2.05, 4.69) is 6.07 Å². The summed E-state index contributed by atoms with van der Waals surface area (Å²) in [6.07, 6.45) is -1.47. The maximum atomic E-state index is 15.1. The van der Waals surface area contributed by atoms with Gasteiger partial charge < -0.3 is 20.9 Å². The van der Waals surface area contributed by atoms with Gasteiger partial charge in [0.15, 0.2) is 0 Å². The number of fused-ring (bicyclic) bond motifs is 1. The normalized spacial score (nSPS) is 16.6. The van der Waals surface area contributed by atoms with E-state index < -0.39 is 34.7 Å². The van der Waals surface area contributed by atoms with Crippen molar-refractivity contribution in [2.45, 2.75) is 25.6 Å². The first kappa shape index (κ1) is 27.1. The molecule has 3 rings (SSSR count). The first-order chi connectivity index (χ1) is 16.9. The molecule has 0 saturated carbocycles. The van der Waals surface area contributed by atoms with Crippen LogP contribution in [0, 0.1) is 29.5 Å². The Kier molecular flexibility index (Phi) is 8.01. The summed E-state index contributed by atoms with van der Waals surface area (Å²) in [5.41, 5.74) is 3.98. The Hall–Kier alpha value is -3.49. The molecule has 2 heterocycles. The van der Waals surface area contributed by atoms with Gasteiger partial charge in [0.25, 0.3) is 0 Å². The molecule has 0 unspecified atom stereocenters. The number of thiophene rings is 1. The number of nitriles is 1. The lowest BCUT2D eigenvalue weighted by molar-refractivity contribution is -0.127. The summed E-state index contributed by atoms with van der Waals surface area (Å²) in [5, 5.41) is 17.2. The lowest BCUT2D eigenvalue weighted by atomic mass is 9.81. The highest BCUT2D eigenvalue weighted by molar-refractivity contribution is 7.12. The summed E-state index contributed by atoms with van der Waals surface area (Å²) in [6, 6.07) is 5.96. The lowest BCUT2D eigenvalue weighted by Gasteiger charge is -2.34. The number of amides is 1. The molecule has 6 nitrogen and oxygen atoms in total. The molecule has 1 aliphatic rings. The minimum absolute atomic E-state index is 0.0498. The molecule has 3 N–H and O–H groups in total. The Morgan fingerprint density at radius 1 is 1.39 bits per heavy atom. The van der Waals surface area contributed by atoms with Crippen molar-refractivity contribution < 1.29 is 22.4 Å². The lowest BCUT2D eigenvalue weighted by Crippen LogP contribution is -2.37. The topological polar surface area (TPSA) is 97.2 Å². The fourth-order valence-electron chi connectivity index (χ4n) is 4.26. The van der Waals surface area contributed by atoms with E-state index >= 15 is 4.39 Å². The fraction of sp³-hybridized carbons (Fsp3) is 0.320. The number of nitrogens with zero attached hydrogens (tertiary/aromatic N) is 3. The number of likely N-dealkylation sites (N-methyl/N-ethyl adjacent to an activating group) is 1. The molecular weight excluding hydrogens is 494 g/mol. The SMILES string of the molecule is Cc1c(C#N)sc2c1[C@H](c1cccc(F)c1/C(C=N)=C(/N)C(F)(F)F)CN(C(=O)/C=C/CN(C)C)C2. The highest BCUT2D eigenvalue weighted by Crippen LogP contribution is 2.44. The first-order valence-electron chi connectivity index (χ1n) is 10.9. The average Bonchev–Trinajstić information content (AvgIpc) is 3.14. The highest BCUT2D eigenvalue weighted by atomic mass is 32.1. The summed E-state index contributed by atoms with van der Waals surface area (Å²) in [7, 11) is 3.70. The van der Waals surface area contributed by atoms with Crippen LogP contribution < -0.4 is 5.73 Å². The quantitative estimate of drug-likeness (QED) is 0.333. The van der Waals surface area contributed by atoms with Gasteiger partial charge >= 0.3 is 6.18 Å². The number of carbonyl (C=O) groups is 1. The third-order valence-electron chi connectivity index (χ3n) is 5.93. The van der Waals surface area contributed by atoms with Crippen LogP contribution in [0.3, 0.4) is 0 Å². The Morgan fingerprint density at radius 3 is 2.67 bits per heavy atom. The second-order valence-corrected chi connectivity index (χ2v) is 9.72. The van der Waals surface area contributed by atoms with Crippen molar-refractivity contribution in [3.05, 3.63) is 73.9 Å². The zero-order valence-corrected chi connectivity index (χ0v) is 20.7. The Labute approximate surface area is 210 Å². The maximum Gasteiger partial charge on any atom is 0.431 e.